The second kappa shape index (κ2) is 13.6. The van der Waals surface area contributed by atoms with Crippen LogP contribution in [0, 0.1) is 0 Å². The highest BCUT2D eigenvalue weighted by molar-refractivity contribution is 7.10. The molecule has 0 bridgehead atoms. The van der Waals surface area contributed by atoms with Crippen LogP contribution in [0.5, 0.6) is 5.75 Å². The Balaban J connectivity index is 1.65. The highest BCUT2D eigenvalue weighted by atomic mass is 35.5. The number of aromatic nitrogens is 1. The van der Waals surface area contributed by atoms with Gasteiger partial charge in [0.1, 0.15) is 16.3 Å². The number of benzene rings is 1. The van der Waals surface area contributed by atoms with E-state index in [9.17, 15) is 45.8 Å². The first kappa shape index (κ1) is 35.5. The number of piperidine rings is 1. The third-order valence-electron chi connectivity index (χ3n) is 8.61. The van der Waals surface area contributed by atoms with Gasteiger partial charge in [-0.1, -0.05) is 31.0 Å². The summed E-state index contributed by atoms with van der Waals surface area (Å²) in [7, 11) is 0. The van der Waals surface area contributed by atoms with Gasteiger partial charge in [-0.3, -0.25) is 19.4 Å². The summed E-state index contributed by atoms with van der Waals surface area (Å²) >= 11 is 6.51. The molecule has 8 nitrogen and oxygen atoms in total. The molecule has 1 N–H and O–H groups in total. The Morgan fingerprint density at radius 2 is 1.83 bits per heavy atom. The van der Waals surface area contributed by atoms with Crippen LogP contribution in [-0.4, -0.2) is 62.4 Å². The van der Waals surface area contributed by atoms with Crippen molar-refractivity contribution in [1.82, 2.24) is 14.8 Å². The van der Waals surface area contributed by atoms with E-state index in [1.165, 1.54) is 4.90 Å². The molecule has 5 rings (SSSR count). The molecule has 2 aromatic heterocycles. The first-order chi connectivity index (χ1) is 22.6. The summed E-state index contributed by atoms with van der Waals surface area (Å²) < 4.78 is 89.1. The van der Waals surface area contributed by atoms with Crippen LogP contribution in [0.2, 0.25) is 5.02 Å². The summed E-state index contributed by atoms with van der Waals surface area (Å²) in [5.74, 6) is -3.46. The van der Waals surface area contributed by atoms with Gasteiger partial charge < -0.3 is 19.6 Å². The van der Waals surface area contributed by atoms with E-state index in [4.69, 9.17) is 16.3 Å². The highest BCUT2D eigenvalue weighted by Gasteiger charge is 2.57. The summed E-state index contributed by atoms with van der Waals surface area (Å²) in [4.78, 5) is 46.2. The van der Waals surface area contributed by atoms with Crippen LogP contribution in [0.25, 0.3) is 0 Å². The van der Waals surface area contributed by atoms with Gasteiger partial charge in [0.05, 0.1) is 24.1 Å². The lowest BCUT2D eigenvalue weighted by atomic mass is 9.78. The molecule has 3 aromatic rings. The highest BCUT2D eigenvalue weighted by Crippen LogP contribution is 2.44. The summed E-state index contributed by atoms with van der Waals surface area (Å²) in [6, 6.07) is 5.00. The van der Waals surface area contributed by atoms with Crippen LogP contribution in [0.15, 0.2) is 48.0 Å². The minimum atomic E-state index is -4.93. The Morgan fingerprint density at radius 3 is 2.48 bits per heavy atom. The van der Waals surface area contributed by atoms with Crippen LogP contribution in [0.4, 0.5) is 26.3 Å². The van der Waals surface area contributed by atoms with Gasteiger partial charge in [0.25, 0.3) is 11.8 Å². The number of carboxylic acid groups (broad SMARTS) is 1. The molecule has 3 atom stereocenters. The summed E-state index contributed by atoms with van der Waals surface area (Å²) in [5.41, 5.74) is -3.06. The number of aliphatic carboxylic acids is 1. The minimum absolute atomic E-state index is 0.0159. The zero-order chi connectivity index (χ0) is 35.0. The molecule has 1 fully saturated rings. The Labute approximate surface area is 280 Å². The maximum atomic E-state index is 15.0. The topological polar surface area (TPSA) is 100 Å². The molecular formula is C32H30ClF6N3O5S. The number of carbonyl (C=O) groups excluding carboxylic acids is 2. The van der Waals surface area contributed by atoms with Gasteiger partial charge in [0.15, 0.2) is 0 Å². The number of alkyl halides is 6. The van der Waals surface area contributed by atoms with Crippen molar-refractivity contribution in [3.63, 3.8) is 0 Å². The van der Waals surface area contributed by atoms with Crippen LogP contribution in [0.3, 0.4) is 0 Å². The van der Waals surface area contributed by atoms with E-state index in [2.05, 4.69) is 4.98 Å². The summed E-state index contributed by atoms with van der Waals surface area (Å²) in [5, 5.41) is 11.3. The number of halogens is 7. The molecule has 2 amide bonds. The second-order valence-electron chi connectivity index (χ2n) is 11.6. The lowest BCUT2D eigenvalue weighted by Crippen LogP contribution is -2.68. The predicted octanol–water partition coefficient (Wildman–Crippen LogP) is 7.66. The fourth-order valence-electron chi connectivity index (χ4n) is 6.63. The smallest absolute Gasteiger partial charge is 0.425 e. The number of carboxylic acids is 1. The number of ether oxygens (including phenoxy) is 1. The van der Waals surface area contributed by atoms with Gasteiger partial charge in [0.2, 0.25) is 5.60 Å². The Bertz CT molecular complexity index is 1700. The number of amides is 2. The van der Waals surface area contributed by atoms with E-state index in [0.717, 1.165) is 28.6 Å². The van der Waals surface area contributed by atoms with Crippen LogP contribution in [-0.2, 0) is 28.4 Å². The molecule has 258 valence electrons. The number of likely N-dealkylation sites (tertiary alicyclic amines) is 1. The third kappa shape index (κ3) is 6.98. The molecule has 0 radical (unpaired) electrons. The molecule has 1 saturated heterocycles. The average Bonchev–Trinajstić information content (AvgIpc) is 3.50. The summed E-state index contributed by atoms with van der Waals surface area (Å²) in [6.45, 7) is 1.61. The monoisotopic (exact) mass is 717 g/mol. The quantitative estimate of drug-likeness (QED) is 0.240. The molecule has 2 aliphatic heterocycles. The molecule has 0 saturated carbocycles. The molecule has 16 heteroatoms. The van der Waals surface area contributed by atoms with Gasteiger partial charge in [0, 0.05) is 42.2 Å². The number of carbonyl (C=O) groups is 3. The van der Waals surface area contributed by atoms with Gasteiger partial charge in [-0.15, -0.1) is 11.3 Å². The first-order valence-corrected chi connectivity index (χ1v) is 16.3. The lowest BCUT2D eigenvalue weighted by molar-refractivity contribution is -0.163. The van der Waals surface area contributed by atoms with Crippen molar-refractivity contribution in [3.05, 3.63) is 80.3 Å². The van der Waals surface area contributed by atoms with Crippen molar-refractivity contribution in [2.45, 2.75) is 75.5 Å². The molecule has 1 unspecified atom stereocenters. The maximum Gasteiger partial charge on any atom is 0.425 e. The van der Waals surface area contributed by atoms with E-state index >= 15 is 0 Å². The number of pyridine rings is 1. The molecule has 48 heavy (non-hydrogen) atoms. The van der Waals surface area contributed by atoms with Crippen molar-refractivity contribution in [1.29, 1.82) is 0 Å². The zero-order valence-corrected chi connectivity index (χ0v) is 27.0. The van der Waals surface area contributed by atoms with Gasteiger partial charge in [-0.25, -0.2) is 0 Å². The standard InChI is InChI=1S/C32H30ClF6N3O5S/c1-2-5-24-30(47-20-15-25(48-17-20)32(37,38)39,10-4-12-42(24)28(45)27-22(31(34,35)36)6-3-11-40-27)29(46)41-13-9-18-14-19(33)7-8-21(18)23(41)16-26(43)44/h3,6-8,11,14-15,17,23-24H,2,4-5,9-10,12-13,16H2,1H3,(H,43,44)/t23?,24-,30-/m1/s1. The van der Waals surface area contributed by atoms with Crippen LogP contribution < -0.4 is 4.74 Å². The van der Waals surface area contributed by atoms with Crippen molar-refractivity contribution < 1.29 is 50.6 Å². The SMILES string of the molecule is CCC[C@H]1N(C(=O)c2ncccc2C(F)(F)F)CCC[C@]1(Oc1csc(C(F)(F)F)c1)C(=O)N1CCc2cc(Cl)ccc2C1CC(=O)O. The number of nitrogens with zero attached hydrogens (tertiary/aromatic N) is 3. The number of rotatable bonds is 8. The Morgan fingerprint density at radius 1 is 1.08 bits per heavy atom. The van der Waals surface area contributed by atoms with Crippen LogP contribution in [0.1, 0.15) is 77.1 Å². The third-order valence-corrected chi connectivity index (χ3v) is 9.80. The molecular weight excluding hydrogens is 688 g/mol. The maximum absolute atomic E-state index is 15.0. The van der Waals surface area contributed by atoms with E-state index in [0.29, 0.717) is 40.0 Å². The molecule has 0 spiro atoms. The zero-order valence-electron chi connectivity index (χ0n) is 25.4. The number of hydrogen-bond donors (Lipinski definition) is 1. The van der Waals surface area contributed by atoms with E-state index in [1.54, 1.807) is 25.1 Å². The largest absolute Gasteiger partial charge is 0.481 e. The van der Waals surface area contributed by atoms with Crippen molar-refractivity contribution >= 4 is 40.7 Å². The Hall–Kier alpha value is -3.85. The van der Waals surface area contributed by atoms with Gasteiger partial charge in [-0.2, -0.15) is 26.3 Å². The molecule has 1 aromatic carbocycles. The average molecular weight is 718 g/mol. The van der Waals surface area contributed by atoms with Gasteiger partial charge >= 0.3 is 18.3 Å². The minimum Gasteiger partial charge on any atom is -0.481 e. The Kier molecular flexibility index (Phi) is 10.0. The van der Waals surface area contributed by atoms with Crippen molar-refractivity contribution in [2.75, 3.05) is 13.1 Å². The number of thiophene rings is 1. The van der Waals surface area contributed by atoms with E-state index in [1.807, 2.05) is 0 Å². The van der Waals surface area contributed by atoms with Gasteiger partial charge in [-0.05, 0) is 54.7 Å². The fourth-order valence-corrected chi connectivity index (χ4v) is 7.50. The normalized spacial score (nSPS) is 21.5. The second-order valence-corrected chi connectivity index (χ2v) is 13.0. The number of hydrogen-bond acceptors (Lipinski definition) is 6. The van der Waals surface area contributed by atoms with E-state index in [-0.39, 0.29) is 44.5 Å². The molecule has 4 heterocycles. The lowest BCUT2D eigenvalue weighted by Gasteiger charge is -2.51. The predicted molar refractivity (Wildman–Crippen MR) is 163 cm³/mol. The summed E-state index contributed by atoms with van der Waals surface area (Å²) in [6.07, 6.45) is -8.65. The first-order valence-electron chi connectivity index (χ1n) is 15.1. The van der Waals surface area contributed by atoms with Crippen molar-refractivity contribution in [3.8, 4) is 5.75 Å². The molecule has 0 aliphatic carbocycles. The van der Waals surface area contributed by atoms with Crippen LogP contribution >= 0.6 is 22.9 Å². The molecule has 2 aliphatic rings. The number of fused-ring (bicyclic) bond motifs is 1. The fraction of sp³-hybridized carbons (Fsp3) is 0.438. The van der Waals surface area contributed by atoms with Crippen molar-refractivity contribution in [2.24, 2.45) is 0 Å². The van der Waals surface area contributed by atoms with E-state index < -0.39 is 70.4 Å².